The molecule has 6 N–H and O–H groups in total. The van der Waals surface area contributed by atoms with Crippen LogP contribution in [0, 0.1) is 12.3 Å². The molecule has 0 atom stereocenters. The van der Waals surface area contributed by atoms with E-state index in [1.54, 1.807) is 31.2 Å². The molecule has 0 bridgehead atoms. The minimum atomic E-state index is -0.576. The summed E-state index contributed by atoms with van der Waals surface area (Å²) in [6, 6.07) is 6.48. The lowest BCUT2D eigenvalue weighted by Crippen LogP contribution is -2.41. The number of methoxy groups -OCH3 is 1. The number of hydrogen-bond acceptors (Lipinski definition) is 6. The number of ether oxygens (including phenoxy) is 1. The molecule has 10 nitrogen and oxygen atoms in total. The fourth-order valence-corrected chi connectivity index (χ4v) is 3.52. The maximum absolute atomic E-state index is 12.7. The van der Waals surface area contributed by atoms with E-state index in [9.17, 15) is 9.59 Å². The Kier molecular flexibility index (Phi) is 6.00. The van der Waals surface area contributed by atoms with Gasteiger partial charge in [-0.1, -0.05) is 13.8 Å². The number of carbonyl (C=O) groups excluding carboxylic acids is 2. The van der Waals surface area contributed by atoms with E-state index >= 15 is 0 Å². The molecular weight excluding hydrogens is 400 g/mol. The summed E-state index contributed by atoms with van der Waals surface area (Å²) in [5.74, 6) is 0.144. The van der Waals surface area contributed by atoms with Crippen molar-refractivity contribution in [1.29, 1.82) is 0 Å². The topological polar surface area (TPSA) is 157 Å². The number of guanidine groups is 1. The molecule has 1 aromatic carbocycles. The number of amides is 2. The highest BCUT2D eigenvalue weighted by Crippen LogP contribution is 2.38. The van der Waals surface area contributed by atoms with Gasteiger partial charge in [0.2, 0.25) is 5.96 Å². The number of nitrogens with two attached hydrogens (primary N) is 2. The maximum Gasteiger partial charge on any atom is 0.305 e. The summed E-state index contributed by atoms with van der Waals surface area (Å²) in [4.78, 5) is 25.0. The normalized spacial score (nSPS) is 15.7. The second kappa shape index (κ2) is 8.50. The Morgan fingerprint density at radius 1 is 1.10 bits per heavy atom. The van der Waals surface area contributed by atoms with Crippen molar-refractivity contribution in [2.24, 2.45) is 27.1 Å². The molecule has 0 saturated heterocycles. The van der Waals surface area contributed by atoms with Crippen molar-refractivity contribution in [3.8, 4) is 5.75 Å². The van der Waals surface area contributed by atoms with Crippen LogP contribution in [0.2, 0.25) is 0 Å². The molecule has 164 valence electrons. The van der Waals surface area contributed by atoms with Crippen molar-refractivity contribution in [3.05, 3.63) is 52.5 Å². The van der Waals surface area contributed by atoms with Gasteiger partial charge < -0.3 is 20.6 Å². The third kappa shape index (κ3) is 4.85. The van der Waals surface area contributed by atoms with Gasteiger partial charge in [-0.05, 0) is 43.0 Å². The van der Waals surface area contributed by atoms with Gasteiger partial charge in [0.1, 0.15) is 11.5 Å². The molecule has 1 aliphatic carbocycles. The lowest BCUT2D eigenvalue weighted by molar-refractivity contribution is 0.0828. The van der Waals surface area contributed by atoms with Gasteiger partial charge in [0.05, 0.1) is 12.8 Å². The molecule has 1 aliphatic rings. The molecule has 0 fully saturated rings. The van der Waals surface area contributed by atoms with E-state index in [0.717, 1.165) is 5.56 Å². The molecule has 0 aliphatic heterocycles. The average molecular weight is 426 g/mol. The summed E-state index contributed by atoms with van der Waals surface area (Å²) in [5.41, 5.74) is 17.8. The first-order chi connectivity index (χ1) is 14.6. The highest BCUT2D eigenvalue weighted by molar-refractivity contribution is 6.07. The van der Waals surface area contributed by atoms with E-state index in [-0.39, 0.29) is 17.1 Å². The quantitative estimate of drug-likeness (QED) is 0.330. The van der Waals surface area contributed by atoms with E-state index < -0.39 is 11.8 Å². The molecule has 10 heteroatoms. The number of benzene rings is 1. The molecule has 2 aromatic rings. The molecule has 0 radical (unpaired) electrons. The van der Waals surface area contributed by atoms with Gasteiger partial charge in [-0.2, -0.15) is 5.10 Å². The van der Waals surface area contributed by atoms with Gasteiger partial charge in [-0.15, -0.1) is 5.10 Å². The maximum atomic E-state index is 12.7. The number of fused-ring (bicyclic) bond motifs is 1. The Hall–Kier alpha value is -3.82. The van der Waals surface area contributed by atoms with Crippen molar-refractivity contribution < 1.29 is 18.7 Å². The van der Waals surface area contributed by atoms with E-state index in [0.29, 0.717) is 41.2 Å². The molecule has 0 spiro atoms. The van der Waals surface area contributed by atoms with Gasteiger partial charge in [0.25, 0.3) is 5.91 Å². The minimum absolute atomic E-state index is 0.0927. The first-order valence-corrected chi connectivity index (χ1v) is 9.64. The summed E-state index contributed by atoms with van der Waals surface area (Å²) in [6.45, 7) is 5.88. The summed E-state index contributed by atoms with van der Waals surface area (Å²) in [5, 5.41) is 7.93. The number of nitrogens with one attached hydrogen (secondary N) is 2. The fourth-order valence-electron chi connectivity index (χ4n) is 3.52. The van der Waals surface area contributed by atoms with Gasteiger partial charge >= 0.3 is 5.91 Å². The van der Waals surface area contributed by atoms with Crippen molar-refractivity contribution in [2.75, 3.05) is 7.11 Å². The second-order valence-corrected chi connectivity index (χ2v) is 8.08. The zero-order valence-electron chi connectivity index (χ0n) is 17.9. The van der Waals surface area contributed by atoms with Crippen LogP contribution in [0.25, 0.3) is 0 Å². The van der Waals surface area contributed by atoms with Crippen LogP contribution >= 0.6 is 0 Å². The number of furan rings is 1. The zero-order valence-corrected chi connectivity index (χ0v) is 17.9. The number of carbonyl (C=O) groups is 2. The average Bonchev–Trinajstić information content (AvgIpc) is 3.05. The van der Waals surface area contributed by atoms with E-state index in [2.05, 4.69) is 34.9 Å². The van der Waals surface area contributed by atoms with E-state index in [1.165, 1.54) is 7.11 Å². The third-order valence-electron chi connectivity index (χ3n) is 4.93. The van der Waals surface area contributed by atoms with Crippen LogP contribution in [-0.2, 0) is 6.42 Å². The van der Waals surface area contributed by atoms with Crippen LogP contribution in [0.5, 0.6) is 5.75 Å². The Balaban J connectivity index is 1.80. The number of nitrogens with zero attached hydrogens (tertiary/aromatic N) is 2. The Bertz CT molecular complexity index is 1060. The van der Waals surface area contributed by atoms with Crippen molar-refractivity contribution >= 4 is 23.5 Å². The molecule has 1 aromatic heterocycles. The third-order valence-corrected chi connectivity index (χ3v) is 4.93. The predicted octanol–water partition coefficient (Wildman–Crippen LogP) is 1.62. The first-order valence-electron chi connectivity index (χ1n) is 9.64. The Morgan fingerprint density at radius 3 is 2.35 bits per heavy atom. The molecule has 2 amide bonds. The van der Waals surface area contributed by atoms with Gasteiger partial charge in [0, 0.05) is 23.1 Å². The van der Waals surface area contributed by atoms with Crippen LogP contribution in [0.15, 0.2) is 38.9 Å². The first kappa shape index (κ1) is 21.9. The van der Waals surface area contributed by atoms with Gasteiger partial charge in [-0.3, -0.25) is 20.4 Å². The van der Waals surface area contributed by atoms with E-state index in [1.807, 2.05) is 0 Å². The van der Waals surface area contributed by atoms with Crippen molar-refractivity contribution in [2.45, 2.75) is 33.6 Å². The summed E-state index contributed by atoms with van der Waals surface area (Å²) in [7, 11) is 1.54. The monoisotopic (exact) mass is 426 g/mol. The fraction of sp³-hybridized carbons (Fsp3) is 0.333. The highest BCUT2D eigenvalue weighted by Gasteiger charge is 2.36. The SMILES string of the molecule is COc1ccc(C(=O)NNC(=O)c2oc3c(c2C)/C(=N\N=C(N)N)CC(C)(C)C3)cc1. The Morgan fingerprint density at radius 2 is 1.74 bits per heavy atom. The van der Waals surface area contributed by atoms with Crippen LogP contribution in [0.1, 0.15) is 58.1 Å². The zero-order chi connectivity index (χ0) is 22.8. The van der Waals surface area contributed by atoms with E-state index in [4.69, 9.17) is 20.6 Å². The minimum Gasteiger partial charge on any atom is -0.497 e. The number of rotatable bonds is 4. The Labute approximate surface area is 179 Å². The predicted molar refractivity (Wildman–Crippen MR) is 116 cm³/mol. The van der Waals surface area contributed by atoms with Gasteiger partial charge in [0.15, 0.2) is 5.76 Å². The summed E-state index contributed by atoms with van der Waals surface area (Å²) >= 11 is 0. The molecule has 3 rings (SSSR count). The number of hydrazine groups is 1. The summed E-state index contributed by atoms with van der Waals surface area (Å²) in [6.07, 6.45) is 1.24. The molecule has 1 heterocycles. The molecular formula is C21H26N6O4. The molecule has 31 heavy (non-hydrogen) atoms. The lowest BCUT2D eigenvalue weighted by atomic mass is 9.75. The number of hydrogen-bond donors (Lipinski definition) is 4. The van der Waals surface area contributed by atoms with Crippen LogP contribution < -0.4 is 27.1 Å². The summed E-state index contributed by atoms with van der Waals surface area (Å²) < 4.78 is 10.9. The van der Waals surface area contributed by atoms with Crippen molar-refractivity contribution in [3.63, 3.8) is 0 Å². The molecule has 0 saturated carbocycles. The van der Waals surface area contributed by atoms with Gasteiger partial charge in [-0.25, -0.2) is 0 Å². The molecule has 0 unspecified atom stereocenters. The van der Waals surface area contributed by atoms with Crippen molar-refractivity contribution in [1.82, 2.24) is 10.9 Å². The highest BCUT2D eigenvalue weighted by atomic mass is 16.5. The smallest absolute Gasteiger partial charge is 0.305 e. The van der Waals surface area contributed by atoms with Crippen LogP contribution in [0.4, 0.5) is 0 Å². The van der Waals surface area contributed by atoms with Crippen LogP contribution in [0.3, 0.4) is 0 Å². The second-order valence-electron chi connectivity index (χ2n) is 8.08. The van der Waals surface area contributed by atoms with Crippen LogP contribution in [-0.4, -0.2) is 30.6 Å². The lowest BCUT2D eigenvalue weighted by Gasteiger charge is -2.29. The largest absolute Gasteiger partial charge is 0.497 e. The standard InChI is InChI=1S/C21H26N6O4/c1-11-16-14(24-27-20(22)23)9-21(2,3)10-15(16)31-17(11)19(29)26-25-18(28)12-5-7-13(30-4)8-6-12/h5-8H,9-10H2,1-4H3,(H,25,28)(H,26,29)(H4,22,23,27)/b24-14-.